The van der Waals surface area contributed by atoms with E-state index < -0.39 is 0 Å². The second kappa shape index (κ2) is 10.3. The maximum Gasteiger partial charge on any atom is 0.286 e. The zero-order chi connectivity index (χ0) is 21.5. The molecular formula is C20H22ClN5O3S. The van der Waals surface area contributed by atoms with Crippen LogP contribution in [0.5, 0.6) is 0 Å². The minimum absolute atomic E-state index is 0.0230. The average molecular weight is 448 g/mol. The quantitative estimate of drug-likeness (QED) is 0.517. The fourth-order valence-corrected chi connectivity index (χ4v) is 3.84. The van der Waals surface area contributed by atoms with Gasteiger partial charge < -0.3 is 15.2 Å². The molecule has 8 nitrogen and oxygen atoms in total. The highest BCUT2D eigenvalue weighted by atomic mass is 35.5. The predicted molar refractivity (Wildman–Crippen MR) is 115 cm³/mol. The zero-order valence-corrected chi connectivity index (χ0v) is 18.3. The summed E-state index contributed by atoms with van der Waals surface area (Å²) >= 11 is 7.14. The van der Waals surface area contributed by atoms with Crippen molar-refractivity contribution >= 4 is 40.4 Å². The van der Waals surface area contributed by atoms with E-state index in [1.165, 1.54) is 11.3 Å². The van der Waals surface area contributed by atoms with Crippen LogP contribution in [0.25, 0.3) is 0 Å². The van der Waals surface area contributed by atoms with E-state index in [-0.39, 0.29) is 16.8 Å². The molecule has 2 heterocycles. The molecule has 2 amide bonds. The summed E-state index contributed by atoms with van der Waals surface area (Å²) in [6, 6.07) is 6.89. The molecule has 30 heavy (non-hydrogen) atoms. The Labute approximate surface area is 183 Å². The number of nitrogens with zero attached hydrogens (tertiary/aromatic N) is 3. The number of hydrogen-bond acceptors (Lipinski definition) is 7. The fourth-order valence-electron chi connectivity index (χ4n) is 2.87. The van der Waals surface area contributed by atoms with Gasteiger partial charge in [0, 0.05) is 35.7 Å². The lowest BCUT2D eigenvalue weighted by Crippen LogP contribution is -2.25. The normalized spacial score (nSPS) is 10.8. The Bertz CT molecular complexity index is 1010. The summed E-state index contributed by atoms with van der Waals surface area (Å²) in [5.41, 5.74) is 2.48. The number of carbonyl (C=O) groups excluding carboxylic acids is 2. The van der Waals surface area contributed by atoms with Gasteiger partial charge in [0.2, 0.25) is 10.9 Å². The third-order valence-corrected chi connectivity index (χ3v) is 5.63. The molecule has 2 aromatic heterocycles. The summed E-state index contributed by atoms with van der Waals surface area (Å²) in [6.07, 6.45) is 2.28. The molecule has 0 aliphatic rings. The zero-order valence-electron chi connectivity index (χ0n) is 16.7. The van der Waals surface area contributed by atoms with Gasteiger partial charge in [0.15, 0.2) is 0 Å². The maximum absolute atomic E-state index is 12.3. The van der Waals surface area contributed by atoms with Crippen LogP contribution >= 0.6 is 22.9 Å². The Balaban J connectivity index is 1.38. The molecule has 0 aliphatic carbocycles. The van der Waals surface area contributed by atoms with Crippen LogP contribution in [0.15, 0.2) is 28.8 Å². The number of halogens is 1. The Morgan fingerprint density at radius 3 is 2.77 bits per heavy atom. The van der Waals surface area contributed by atoms with E-state index in [0.717, 1.165) is 22.0 Å². The third kappa shape index (κ3) is 6.11. The summed E-state index contributed by atoms with van der Waals surface area (Å²) in [5, 5.41) is 19.0. The van der Waals surface area contributed by atoms with Gasteiger partial charge in [-0.2, -0.15) is 0 Å². The lowest BCUT2D eigenvalue weighted by atomic mass is 10.1. The molecule has 0 fully saturated rings. The van der Waals surface area contributed by atoms with Crippen molar-refractivity contribution in [3.8, 4) is 0 Å². The second-order valence-electron chi connectivity index (χ2n) is 6.72. The minimum atomic E-state index is -0.335. The fraction of sp³-hybridized carbons (Fsp3) is 0.350. The van der Waals surface area contributed by atoms with Crippen molar-refractivity contribution in [2.24, 2.45) is 0 Å². The molecule has 0 aliphatic heterocycles. The van der Waals surface area contributed by atoms with Crippen LogP contribution in [-0.4, -0.2) is 33.7 Å². The largest absolute Gasteiger partial charge is 0.361 e. The van der Waals surface area contributed by atoms with Crippen LogP contribution in [-0.2, 0) is 17.6 Å². The number of aryl methyl sites for hydroxylation is 3. The van der Waals surface area contributed by atoms with Crippen LogP contribution in [0.2, 0.25) is 5.02 Å². The third-order valence-electron chi connectivity index (χ3n) is 4.42. The van der Waals surface area contributed by atoms with Gasteiger partial charge in [-0.3, -0.25) is 9.59 Å². The second-order valence-corrected chi connectivity index (χ2v) is 8.22. The van der Waals surface area contributed by atoms with Gasteiger partial charge >= 0.3 is 0 Å². The number of anilines is 1. The van der Waals surface area contributed by atoms with Crippen LogP contribution in [0.4, 0.5) is 5.69 Å². The minimum Gasteiger partial charge on any atom is -0.361 e. The molecule has 0 bridgehead atoms. The van der Waals surface area contributed by atoms with E-state index in [9.17, 15) is 9.59 Å². The van der Waals surface area contributed by atoms with Gasteiger partial charge in [0.1, 0.15) is 10.8 Å². The van der Waals surface area contributed by atoms with Gasteiger partial charge in [-0.1, -0.05) is 34.2 Å². The number of amides is 2. The molecule has 10 heteroatoms. The summed E-state index contributed by atoms with van der Waals surface area (Å²) in [4.78, 5) is 24.3. The van der Waals surface area contributed by atoms with Crippen molar-refractivity contribution in [2.75, 3.05) is 11.9 Å². The van der Waals surface area contributed by atoms with Gasteiger partial charge in [-0.05, 0) is 44.9 Å². The molecule has 0 radical (unpaired) electrons. The first-order chi connectivity index (χ1) is 14.4. The molecule has 3 aromatic rings. The molecule has 3 rings (SSSR count). The van der Waals surface area contributed by atoms with Gasteiger partial charge in [0.25, 0.3) is 5.91 Å². The smallest absolute Gasteiger partial charge is 0.286 e. The number of benzene rings is 1. The highest BCUT2D eigenvalue weighted by Crippen LogP contribution is 2.18. The molecule has 0 unspecified atom stereocenters. The molecule has 0 spiro atoms. The van der Waals surface area contributed by atoms with Gasteiger partial charge in [0.05, 0.1) is 5.69 Å². The Kier molecular flexibility index (Phi) is 7.53. The van der Waals surface area contributed by atoms with E-state index in [4.69, 9.17) is 16.1 Å². The lowest BCUT2D eigenvalue weighted by molar-refractivity contribution is -0.121. The lowest BCUT2D eigenvalue weighted by Gasteiger charge is -2.04. The number of hydrogen-bond donors (Lipinski definition) is 2. The summed E-state index contributed by atoms with van der Waals surface area (Å²) < 4.78 is 5.12. The summed E-state index contributed by atoms with van der Waals surface area (Å²) in [5.74, 6) is 0.427. The van der Waals surface area contributed by atoms with Gasteiger partial charge in [-0.25, -0.2) is 0 Å². The summed E-state index contributed by atoms with van der Waals surface area (Å²) in [7, 11) is 0. The first-order valence-corrected chi connectivity index (χ1v) is 10.7. The first kappa shape index (κ1) is 21.9. The molecule has 158 valence electrons. The Hall–Kier alpha value is -2.78. The topological polar surface area (TPSA) is 110 Å². The van der Waals surface area contributed by atoms with Crippen molar-refractivity contribution < 1.29 is 14.1 Å². The average Bonchev–Trinajstić information content (AvgIpc) is 3.30. The number of rotatable bonds is 9. The van der Waals surface area contributed by atoms with Crippen molar-refractivity contribution in [1.82, 2.24) is 20.7 Å². The van der Waals surface area contributed by atoms with Crippen LogP contribution in [0.3, 0.4) is 0 Å². The number of carbonyl (C=O) groups is 2. The van der Waals surface area contributed by atoms with Crippen molar-refractivity contribution in [1.29, 1.82) is 0 Å². The molecule has 0 atom stereocenters. The molecule has 2 N–H and O–H groups in total. The van der Waals surface area contributed by atoms with Crippen molar-refractivity contribution in [3.63, 3.8) is 0 Å². The van der Waals surface area contributed by atoms with Crippen molar-refractivity contribution in [3.05, 3.63) is 56.3 Å². The van der Waals surface area contributed by atoms with E-state index in [2.05, 4.69) is 26.0 Å². The monoisotopic (exact) mass is 447 g/mol. The highest BCUT2D eigenvalue weighted by molar-refractivity contribution is 7.13. The molecular weight excluding hydrogens is 426 g/mol. The van der Waals surface area contributed by atoms with E-state index >= 15 is 0 Å². The van der Waals surface area contributed by atoms with E-state index in [0.29, 0.717) is 42.9 Å². The Morgan fingerprint density at radius 2 is 2.03 bits per heavy atom. The highest BCUT2D eigenvalue weighted by Gasteiger charge is 2.14. The van der Waals surface area contributed by atoms with Crippen molar-refractivity contribution in [2.45, 2.75) is 39.5 Å². The molecule has 0 saturated carbocycles. The standard InChI is InChI=1S/C20H22ClN5O3S/c1-12-16(13(2)29-26-12)9-10-22-17(27)7-4-8-18-24-25-20(30-18)19(28)23-15-6-3-5-14(21)11-15/h3,5-6,11H,4,7-10H2,1-2H3,(H,22,27)(H,23,28). The number of nitrogens with one attached hydrogen (secondary N) is 2. The van der Waals surface area contributed by atoms with E-state index in [1.54, 1.807) is 24.3 Å². The predicted octanol–water partition coefficient (Wildman–Crippen LogP) is 3.73. The number of aromatic nitrogens is 3. The SMILES string of the molecule is Cc1noc(C)c1CCNC(=O)CCCc1nnc(C(=O)Nc2cccc(Cl)c2)s1. The van der Waals surface area contributed by atoms with Gasteiger partial charge in [-0.15, -0.1) is 10.2 Å². The Morgan fingerprint density at radius 1 is 1.20 bits per heavy atom. The first-order valence-electron chi connectivity index (χ1n) is 9.50. The van der Waals surface area contributed by atoms with Crippen LogP contribution in [0, 0.1) is 13.8 Å². The van der Waals surface area contributed by atoms with E-state index in [1.807, 2.05) is 13.8 Å². The molecule has 0 saturated heterocycles. The summed E-state index contributed by atoms with van der Waals surface area (Å²) in [6.45, 7) is 4.29. The maximum atomic E-state index is 12.3. The van der Waals surface area contributed by atoms with Crippen LogP contribution < -0.4 is 10.6 Å². The molecule has 1 aromatic carbocycles. The van der Waals surface area contributed by atoms with Crippen LogP contribution in [0.1, 0.15) is 44.7 Å².